The highest BCUT2D eigenvalue weighted by atomic mass is 16.6. The predicted octanol–water partition coefficient (Wildman–Crippen LogP) is -2.58. The Morgan fingerprint density at radius 2 is 2.21 bits per heavy atom. The van der Waals surface area contributed by atoms with Crippen LogP contribution in [0.15, 0.2) is 11.0 Å². The van der Waals surface area contributed by atoms with E-state index in [4.69, 9.17) is 22.0 Å². The Morgan fingerprint density at radius 3 is 2.74 bits per heavy atom. The van der Waals surface area contributed by atoms with Crippen molar-refractivity contribution < 1.29 is 20.1 Å². The van der Waals surface area contributed by atoms with Gasteiger partial charge in [0, 0.05) is 6.20 Å². The fourth-order valence-corrected chi connectivity index (χ4v) is 1.88. The first kappa shape index (κ1) is 13.5. The molecule has 4 atom stereocenters. The molecule has 0 radical (unpaired) electrons. The van der Waals surface area contributed by atoms with E-state index >= 15 is 0 Å². The van der Waals surface area contributed by atoms with E-state index in [0.717, 1.165) is 4.57 Å². The summed E-state index contributed by atoms with van der Waals surface area (Å²) in [5.74, 6) is 2.14. The Balaban J connectivity index is 2.44. The summed E-state index contributed by atoms with van der Waals surface area (Å²) in [6.07, 6.45) is 1.56. The van der Waals surface area contributed by atoms with Crippen LogP contribution in [0.5, 0.6) is 0 Å². The number of nitrogen functional groups attached to an aromatic ring is 1. The van der Waals surface area contributed by atoms with E-state index in [1.165, 1.54) is 6.20 Å². The maximum atomic E-state index is 11.7. The van der Waals surface area contributed by atoms with E-state index in [2.05, 4.69) is 10.9 Å². The molecule has 0 bridgehead atoms. The zero-order chi connectivity index (χ0) is 14.2. The molecule has 0 amide bonds. The number of rotatable bonds is 2. The minimum atomic E-state index is -1.38. The molecule has 0 saturated carbocycles. The van der Waals surface area contributed by atoms with Crippen LogP contribution in [-0.2, 0) is 4.74 Å². The maximum absolute atomic E-state index is 11.7. The summed E-state index contributed by atoms with van der Waals surface area (Å²) in [5.41, 5.74) is 4.85. The molecule has 2 heterocycles. The molecule has 8 heteroatoms. The number of anilines is 1. The van der Waals surface area contributed by atoms with Crippen LogP contribution < -0.4 is 11.4 Å². The molecular weight excluding hydrogens is 254 g/mol. The van der Waals surface area contributed by atoms with Crippen molar-refractivity contribution in [3.63, 3.8) is 0 Å². The summed E-state index contributed by atoms with van der Waals surface area (Å²) in [7, 11) is 0. The minimum Gasteiger partial charge on any atom is -0.394 e. The first-order valence-electron chi connectivity index (χ1n) is 5.47. The zero-order valence-electron chi connectivity index (χ0n) is 9.80. The summed E-state index contributed by atoms with van der Waals surface area (Å²) >= 11 is 0. The van der Waals surface area contributed by atoms with Gasteiger partial charge in [-0.25, -0.2) is 4.79 Å². The highest BCUT2D eigenvalue weighted by Gasteiger charge is 2.43. The van der Waals surface area contributed by atoms with E-state index in [-0.39, 0.29) is 11.4 Å². The van der Waals surface area contributed by atoms with Crippen LogP contribution in [-0.4, -0.2) is 49.8 Å². The second-order valence-electron chi connectivity index (χ2n) is 4.10. The molecule has 2 rings (SSSR count). The first-order chi connectivity index (χ1) is 8.99. The predicted molar refractivity (Wildman–Crippen MR) is 63.9 cm³/mol. The molecule has 1 aromatic heterocycles. The van der Waals surface area contributed by atoms with Gasteiger partial charge in [-0.3, -0.25) is 4.57 Å². The number of hydrogen-bond acceptors (Lipinski definition) is 7. The monoisotopic (exact) mass is 267 g/mol. The largest absolute Gasteiger partial charge is 0.394 e. The van der Waals surface area contributed by atoms with Gasteiger partial charge in [0.25, 0.3) is 0 Å². The van der Waals surface area contributed by atoms with E-state index < -0.39 is 36.8 Å². The Kier molecular flexibility index (Phi) is 3.55. The van der Waals surface area contributed by atoms with Crippen molar-refractivity contribution in [2.75, 3.05) is 12.3 Å². The minimum absolute atomic E-state index is 0.101. The van der Waals surface area contributed by atoms with Gasteiger partial charge in [-0.05, 0) is 0 Å². The number of aliphatic hydroxyl groups is 3. The SMILES string of the molecule is C#Cc1cn([C@@H]2O[C@H](CO)[C@@H](O)[C@H]2O)c(=O)nc1N. The summed E-state index contributed by atoms with van der Waals surface area (Å²) in [4.78, 5) is 15.2. The number of ether oxygens (including phenoxy) is 1. The molecule has 19 heavy (non-hydrogen) atoms. The van der Waals surface area contributed by atoms with Crippen molar-refractivity contribution in [3.05, 3.63) is 22.2 Å². The van der Waals surface area contributed by atoms with Gasteiger partial charge in [-0.15, -0.1) is 6.42 Å². The average molecular weight is 267 g/mol. The van der Waals surface area contributed by atoms with Gasteiger partial charge >= 0.3 is 5.69 Å². The highest BCUT2D eigenvalue weighted by molar-refractivity contribution is 5.47. The van der Waals surface area contributed by atoms with Crippen molar-refractivity contribution in [2.24, 2.45) is 0 Å². The number of aliphatic hydroxyl groups excluding tert-OH is 3. The maximum Gasteiger partial charge on any atom is 0.351 e. The lowest BCUT2D eigenvalue weighted by Crippen LogP contribution is -2.36. The molecule has 1 saturated heterocycles. The van der Waals surface area contributed by atoms with Gasteiger partial charge in [0.1, 0.15) is 24.1 Å². The molecule has 0 aliphatic carbocycles. The zero-order valence-corrected chi connectivity index (χ0v) is 9.80. The van der Waals surface area contributed by atoms with Crippen LogP contribution in [0.2, 0.25) is 0 Å². The molecular formula is C11H13N3O5. The number of nitrogens with two attached hydrogens (primary N) is 1. The normalized spacial score (nSPS) is 30.2. The second-order valence-corrected chi connectivity index (χ2v) is 4.10. The fraction of sp³-hybridized carbons (Fsp3) is 0.455. The van der Waals surface area contributed by atoms with E-state index in [9.17, 15) is 15.0 Å². The second kappa shape index (κ2) is 4.99. The standard InChI is InChI=1S/C11H13N3O5/c1-2-5-3-14(11(18)13-9(5)12)10-8(17)7(16)6(4-15)19-10/h1,3,6-8,10,15-17H,4H2,(H2,12,13,18)/t6-,7-,8-,10-/m1/s1. The topological polar surface area (TPSA) is 131 Å². The Bertz CT molecular complexity index is 579. The lowest BCUT2D eigenvalue weighted by molar-refractivity contribution is -0.0549. The van der Waals surface area contributed by atoms with Gasteiger partial charge in [-0.2, -0.15) is 4.98 Å². The molecule has 1 aliphatic heterocycles. The van der Waals surface area contributed by atoms with E-state index in [1.54, 1.807) is 0 Å². The third-order valence-corrected chi connectivity index (χ3v) is 2.93. The van der Waals surface area contributed by atoms with Crippen molar-refractivity contribution in [1.82, 2.24) is 9.55 Å². The number of nitrogens with zero attached hydrogens (tertiary/aromatic N) is 2. The molecule has 0 aromatic carbocycles. The van der Waals surface area contributed by atoms with Gasteiger partial charge in [0.05, 0.1) is 12.2 Å². The van der Waals surface area contributed by atoms with Crippen LogP contribution in [0.4, 0.5) is 5.82 Å². The molecule has 102 valence electrons. The third kappa shape index (κ3) is 2.20. The van der Waals surface area contributed by atoms with Crippen LogP contribution in [0.1, 0.15) is 11.8 Å². The number of aromatic nitrogens is 2. The third-order valence-electron chi connectivity index (χ3n) is 2.93. The molecule has 1 aliphatic rings. The molecule has 0 unspecified atom stereocenters. The van der Waals surface area contributed by atoms with Crippen molar-refractivity contribution in [3.8, 4) is 12.3 Å². The smallest absolute Gasteiger partial charge is 0.351 e. The lowest BCUT2D eigenvalue weighted by Gasteiger charge is -2.17. The first-order valence-corrected chi connectivity index (χ1v) is 5.47. The highest BCUT2D eigenvalue weighted by Crippen LogP contribution is 2.28. The van der Waals surface area contributed by atoms with Crippen LogP contribution in [0.25, 0.3) is 0 Å². The summed E-state index contributed by atoms with van der Waals surface area (Å²) < 4.78 is 6.14. The Morgan fingerprint density at radius 1 is 1.53 bits per heavy atom. The van der Waals surface area contributed by atoms with Crippen molar-refractivity contribution in [2.45, 2.75) is 24.5 Å². The Labute approximate surface area is 108 Å². The van der Waals surface area contributed by atoms with Gasteiger partial charge in [0.2, 0.25) is 0 Å². The fourth-order valence-electron chi connectivity index (χ4n) is 1.88. The van der Waals surface area contributed by atoms with Crippen molar-refractivity contribution in [1.29, 1.82) is 0 Å². The van der Waals surface area contributed by atoms with E-state index in [0.29, 0.717) is 0 Å². The molecule has 0 spiro atoms. The van der Waals surface area contributed by atoms with Gasteiger partial charge in [0.15, 0.2) is 6.23 Å². The molecule has 8 nitrogen and oxygen atoms in total. The van der Waals surface area contributed by atoms with E-state index in [1.807, 2.05) is 0 Å². The summed E-state index contributed by atoms with van der Waals surface area (Å²) in [6, 6.07) is 0. The average Bonchev–Trinajstić information content (AvgIpc) is 2.67. The van der Waals surface area contributed by atoms with Gasteiger partial charge in [-0.1, -0.05) is 5.92 Å². The Hall–Kier alpha value is -1.92. The van der Waals surface area contributed by atoms with Crippen molar-refractivity contribution >= 4 is 5.82 Å². The van der Waals surface area contributed by atoms with Crippen LogP contribution in [0.3, 0.4) is 0 Å². The lowest BCUT2D eigenvalue weighted by atomic mass is 10.1. The van der Waals surface area contributed by atoms with Crippen LogP contribution in [0, 0.1) is 12.3 Å². The van der Waals surface area contributed by atoms with Crippen LogP contribution >= 0.6 is 0 Å². The summed E-state index contributed by atoms with van der Waals surface area (Å²) in [6.45, 7) is -0.492. The summed E-state index contributed by atoms with van der Waals surface area (Å²) in [5, 5.41) is 28.4. The molecule has 1 fully saturated rings. The number of hydrogen-bond donors (Lipinski definition) is 4. The quantitative estimate of drug-likeness (QED) is 0.433. The molecule has 1 aromatic rings. The number of terminal acetylenes is 1. The molecule has 5 N–H and O–H groups in total. The van der Waals surface area contributed by atoms with Gasteiger partial charge < -0.3 is 25.8 Å².